The number of nitrogens with zero attached hydrogens (tertiary/aromatic N) is 4. The Hall–Kier alpha value is -3.43. The molecule has 0 bridgehead atoms. The second kappa shape index (κ2) is 7.43. The molecule has 132 valence electrons. The number of nitro groups is 1. The van der Waals surface area contributed by atoms with Gasteiger partial charge >= 0.3 is 5.69 Å². The molecule has 0 unspecified atom stereocenters. The molecule has 1 aromatic carbocycles. The first-order chi connectivity index (χ1) is 11.8. The summed E-state index contributed by atoms with van der Waals surface area (Å²) in [4.78, 5) is 22.1. The fraction of sp³-hybridized carbons (Fsp3) is 0.267. The van der Waals surface area contributed by atoms with E-state index in [-0.39, 0.29) is 17.9 Å². The lowest BCUT2D eigenvalue weighted by molar-refractivity contribution is -0.385. The maximum atomic E-state index is 11.9. The normalized spacial score (nSPS) is 10.8. The molecule has 25 heavy (non-hydrogen) atoms. The number of hydrogen-bond acceptors (Lipinski definition) is 7. The molecule has 1 heterocycles. The number of aryl methyl sites for hydroxylation is 2. The molecular weight excluding hydrogens is 330 g/mol. The van der Waals surface area contributed by atoms with E-state index in [1.54, 1.807) is 0 Å². The fourth-order valence-corrected chi connectivity index (χ4v) is 2.15. The predicted molar refractivity (Wildman–Crippen MR) is 88.8 cm³/mol. The van der Waals surface area contributed by atoms with Crippen molar-refractivity contribution in [1.29, 1.82) is 0 Å². The van der Waals surface area contributed by atoms with Gasteiger partial charge in [-0.15, -0.1) is 0 Å². The van der Waals surface area contributed by atoms with Crippen LogP contribution in [0.5, 0.6) is 11.5 Å². The minimum absolute atomic E-state index is 0.0265. The van der Waals surface area contributed by atoms with Gasteiger partial charge in [-0.05, 0) is 26.0 Å². The monoisotopic (exact) mass is 347 g/mol. The summed E-state index contributed by atoms with van der Waals surface area (Å²) in [5.74, 6) is -0.818. The largest absolute Gasteiger partial charge is 0.502 e. The number of carbonyl (C=O) groups excluding carboxylic acids is 1. The van der Waals surface area contributed by atoms with E-state index < -0.39 is 22.3 Å². The third-order valence-electron chi connectivity index (χ3n) is 3.31. The van der Waals surface area contributed by atoms with Gasteiger partial charge in [0.2, 0.25) is 5.75 Å². The van der Waals surface area contributed by atoms with Gasteiger partial charge in [0.25, 0.3) is 5.91 Å². The van der Waals surface area contributed by atoms with Crippen LogP contribution in [-0.4, -0.2) is 39.0 Å². The van der Waals surface area contributed by atoms with Crippen LogP contribution in [0.2, 0.25) is 0 Å². The Morgan fingerprint density at radius 3 is 2.76 bits per heavy atom. The average molecular weight is 347 g/mol. The molecule has 0 aliphatic carbocycles. The number of amides is 1. The molecular formula is C15H17N5O5. The van der Waals surface area contributed by atoms with Gasteiger partial charge in [0.15, 0.2) is 0 Å². The number of nitrogens with one attached hydrogen (secondary N) is 1. The standard InChI is InChI=1S/C15H17N5O5/c1-9-4-10(2)19(18-9)8-14(21)17-16-7-11-5-12(25-3)6-13(15(11)22)20(23)24/h4-7,22H,8H2,1-3H3,(H,17,21)/b16-7-. The Labute approximate surface area is 142 Å². The van der Waals surface area contributed by atoms with E-state index >= 15 is 0 Å². The van der Waals surface area contributed by atoms with Crippen molar-refractivity contribution in [1.82, 2.24) is 15.2 Å². The zero-order valence-electron chi connectivity index (χ0n) is 13.9. The zero-order chi connectivity index (χ0) is 18.6. The number of carbonyl (C=O) groups is 1. The molecule has 0 fully saturated rings. The van der Waals surface area contributed by atoms with E-state index in [1.165, 1.54) is 17.9 Å². The molecule has 2 rings (SSSR count). The van der Waals surface area contributed by atoms with E-state index in [9.17, 15) is 20.0 Å². The van der Waals surface area contributed by atoms with Crippen LogP contribution in [0.3, 0.4) is 0 Å². The van der Waals surface area contributed by atoms with Crippen LogP contribution < -0.4 is 10.2 Å². The number of aromatic hydroxyl groups is 1. The molecule has 2 N–H and O–H groups in total. The number of rotatable bonds is 6. The van der Waals surface area contributed by atoms with Gasteiger partial charge in [0, 0.05) is 11.3 Å². The summed E-state index contributed by atoms with van der Waals surface area (Å²) in [5.41, 5.74) is 3.42. The summed E-state index contributed by atoms with van der Waals surface area (Å²) < 4.78 is 6.47. The lowest BCUT2D eigenvalue weighted by atomic mass is 10.1. The van der Waals surface area contributed by atoms with Crippen LogP contribution in [0.1, 0.15) is 17.0 Å². The van der Waals surface area contributed by atoms with Gasteiger partial charge in [-0.1, -0.05) is 0 Å². The zero-order valence-corrected chi connectivity index (χ0v) is 13.9. The van der Waals surface area contributed by atoms with E-state index in [0.29, 0.717) is 0 Å². The average Bonchev–Trinajstić information content (AvgIpc) is 2.86. The molecule has 0 aliphatic rings. The molecule has 0 saturated carbocycles. The highest BCUT2D eigenvalue weighted by molar-refractivity contribution is 5.87. The summed E-state index contributed by atoms with van der Waals surface area (Å²) in [6.45, 7) is 3.61. The number of hydrogen-bond donors (Lipinski definition) is 2. The number of methoxy groups -OCH3 is 1. The van der Waals surface area contributed by atoms with Gasteiger partial charge in [-0.3, -0.25) is 19.6 Å². The lowest BCUT2D eigenvalue weighted by Crippen LogP contribution is -2.24. The summed E-state index contributed by atoms with van der Waals surface area (Å²) in [5, 5.41) is 28.7. The minimum Gasteiger partial charge on any atom is -0.502 e. The van der Waals surface area contributed by atoms with Gasteiger partial charge < -0.3 is 9.84 Å². The molecule has 10 nitrogen and oxygen atoms in total. The Bertz CT molecular complexity index is 843. The quantitative estimate of drug-likeness (QED) is 0.459. The predicted octanol–water partition coefficient (Wildman–Crippen LogP) is 1.27. The number of nitro benzene ring substituents is 1. The van der Waals surface area contributed by atoms with Crippen molar-refractivity contribution < 1.29 is 19.6 Å². The molecule has 0 radical (unpaired) electrons. The number of phenols is 1. The Morgan fingerprint density at radius 2 is 2.20 bits per heavy atom. The van der Waals surface area contributed by atoms with Crippen molar-refractivity contribution in [3.8, 4) is 11.5 Å². The first-order valence-electron chi connectivity index (χ1n) is 7.20. The lowest BCUT2D eigenvalue weighted by Gasteiger charge is -2.05. The SMILES string of the molecule is COc1cc(/C=N\NC(=O)Cn2nc(C)cc2C)c(O)c([N+](=O)[O-])c1. The van der Waals surface area contributed by atoms with Crippen molar-refractivity contribution in [2.24, 2.45) is 5.10 Å². The molecule has 0 spiro atoms. The summed E-state index contributed by atoms with van der Waals surface area (Å²) in [7, 11) is 1.34. The molecule has 1 aromatic heterocycles. The third kappa shape index (κ3) is 4.31. The molecule has 10 heteroatoms. The molecule has 0 atom stereocenters. The topological polar surface area (TPSA) is 132 Å². The highest BCUT2D eigenvalue weighted by Gasteiger charge is 2.18. The second-order valence-corrected chi connectivity index (χ2v) is 5.22. The van der Waals surface area contributed by atoms with E-state index in [0.717, 1.165) is 23.7 Å². The second-order valence-electron chi connectivity index (χ2n) is 5.22. The van der Waals surface area contributed by atoms with Crippen molar-refractivity contribution in [2.75, 3.05) is 7.11 Å². The Balaban J connectivity index is 2.11. The first kappa shape index (κ1) is 17.9. The third-order valence-corrected chi connectivity index (χ3v) is 3.31. The summed E-state index contributed by atoms with van der Waals surface area (Å²) in [6.07, 6.45) is 1.10. The van der Waals surface area contributed by atoms with Crippen molar-refractivity contribution in [3.63, 3.8) is 0 Å². The summed E-state index contributed by atoms with van der Waals surface area (Å²) >= 11 is 0. The maximum absolute atomic E-state index is 11.9. The Morgan fingerprint density at radius 1 is 1.48 bits per heavy atom. The fourth-order valence-electron chi connectivity index (χ4n) is 2.15. The molecule has 2 aromatic rings. The highest BCUT2D eigenvalue weighted by Crippen LogP contribution is 2.33. The van der Waals surface area contributed by atoms with Crippen LogP contribution in [-0.2, 0) is 11.3 Å². The smallest absolute Gasteiger partial charge is 0.315 e. The number of benzene rings is 1. The van der Waals surface area contributed by atoms with Gasteiger partial charge in [0.05, 0.1) is 30.0 Å². The van der Waals surface area contributed by atoms with E-state index in [2.05, 4.69) is 15.6 Å². The number of phenolic OH excluding ortho intramolecular Hbond substituents is 1. The molecule has 1 amide bonds. The highest BCUT2D eigenvalue weighted by atomic mass is 16.6. The van der Waals surface area contributed by atoms with Crippen LogP contribution in [0, 0.1) is 24.0 Å². The minimum atomic E-state index is -0.739. The van der Waals surface area contributed by atoms with Gasteiger partial charge in [-0.2, -0.15) is 10.2 Å². The van der Waals surface area contributed by atoms with E-state index in [1.807, 2.05) is 19.9 Å². The Kier molecular flexibility index (Phi) is 5.32. The van der Waals surface area contributed by atoms with Crippen LogP contribution >= 0.6 is 0 Å². The van der Waals surface area contributed by atoms with Crippen molar-refractivity contribution in [2.45, 2.75) is 20.4 Å². The molecule has 0 saturated heterocycles. The van der Waals surface area contributed by atoms with Crippen LogP contribution in [0.4, 0.5) is 5.69 Å². The molecule has 0 aliphatic heterocycles. The maximum Gasteiger partial charge on any atom is 0.315 e. The van der Waals surface area contributed by atoms with Crippen molar-refractivity contribution in [3.05, 3.63) is 45.3 Å². The van der Waals surface area contributed by atoms with Gasteiger partial charge in [0.1, 0.15) is 12.3 Å². The van der Waals surface area contributed by atoms with Crippen LogP contribution in [0.25, 0.3) is 0 Å². The number of aromatic nitrogens is 2. The summed E-state index contributed by atoms with van der Waals surface area (Å²) in [6, 6.07) is 4.29. The van der Waals surface area contributed by atoms with E-state index in [4.69, 9.17) is 4.74 Å². The number of hydrazone groups is 1. The van der Waals surface area contributed by atoms with Gasteiger partial charge in [-0.25, -0.2) is 5.43 Å². The van der Waals surface area contributed by atoms with Crippen LogP contribution in [0.15, 0.2) is 23.3 Å². The first-order valence-corrected chi connectivity index (χ1v) is 7.20. The van der Waals surface area contributed by atoms with Crippen molar-refractivity contribution >= 4 is 17.8 Å². The number of ether oxygens (including phenoxy) is 1.